The Morgan fingerprint density at radius 1 is 0.826 bits per heavy atom. The van der Waals surface area contributed by atoms with Gasteiger partial charge in [0.25, 0.3) is 0 Å². The van der Waals surface area contributed by atoms with Gasteiger partial charge in [-0.15, -0.1) is 0 Å². The van der Waals surface area contributed by atoms with E-state index in [0.29, 0.717) is 6.17 Å². The maximum atomic E-state index is 4.16. The number of piperidine rings is 1. The molecule has 1 aliphatic rings. The lowest BCUT2D eigenvalue weighted by atomic mass is 10.0. The number of likely N-dealkylation sites (tertiary alicyclic amines) is 1. The van der Waals surface area contributed by atoms with Crippen molar-refractivity contribution in [1.29, 1.82) is 0 Å². The van der Waals surface area contributed by atoms with Crippen molar-refractivity contribution >= 4 is 0 Å². The van der Waals surface area contributed by atoms with Crippen LogP contribution < -0.4 is 0 Å². The first-order valence-corrected chi connectivity index (χ1v) is 10.3. The lowest BCUT2D eigenvalue weighted by Crippen LogP contribution is -2.51. The molecule has 2 heteroatoms. The van der Waals surface area contributed by atoms with Crippen molar-refractivity contribution in [2.75, 3.05) is 26.2 Å². The van der Waals surface area contributed by atoms with E-state index in [1.807, 2.05) is 0 Å². The van der Waals surface area contributed by atoms with Crippen LogP contribution in [-0.4, -0.2) is 42.1 Å². The normalized spacial score (nSPS) is 18.3. The highest BCUT2D eigenvalue weighted by molar-refractivity contribution is 4.77. The van der Waals surface area contributed by atoms with Gasteiger partial charge in [-0.05, 0) is 70.1 Å². The molecule has 1 fully saturated rings. The van der Waals surface area contributed by atoms with Crippen LogP contribution in [0.2, 0.25) is 0 Å². The molecule has 0 aromatic rings. The molecule has 1 atom stereocenters. The van der Waals surface area contributed by atoms with Gasteiger partial charge in [-0.1, -0.05) is 60.3 Å². The predicted octanol–water partition coefficient (Wildman–Crippen LogP) is 5.59. The zero-order chi connectivity index (χ0) is 17.1. The minimum absolute atomic E-state index is 0.644. The molecular formula is C21H43N2. The third-order valence-corrected chi connectivity index (χ3v) is 5.17. The second kappa shape index (κ2) is 12.3. The number of hydrogen-bond acceptors (Lipinski definition) is 2. The molecule has 0 saturated carbocycles. The maximum Gasteiger partial charge on any atom is 0.0622 e. The fourth-order valence-electron chi connectivity index (χ4n) is 3.70. The summed E-state index contributed by atoms with van der Waals surface area (Å²) in [5.41, 5.74) is 0. The molecule has 0 aliphatic carbocycles. The van der Waals surface area contributed by atoms with Crippen LogP contribution in [0.15, 0.2) is 0 Å². The topological polar surface area (TPSA) is 6.48 Å². The Kier molecular flexibility index (Phi) is 11.2. The summed E-state index contributed by atoms with van der Waals surface area (Å²) in [6.45, 7) is 18.7. The molecule has 137 valence electrons. The first kappa shape index (κ1) is 21.0. The average Bonchev–Trinajstić information content (AvgIpc) is 2.53. The van der Waals surface area contributed by atoms with Crippen molar-refractivity contribution in [3.05, 3.63) is 6.92 Å². The second-order valence-corrected chi connectivity index (χ2v) is 8.33. The highest BCUT2D eigenvalue weighted by Crippen LogP contribution is 2.21. The summed E-state index contributed by atoms with van der Waals surface area (Å²) < 4.78 is 0. The fourth-order valence-corrected chi connectivity index (χ4v) is 3.70. The van der Waals surface area contributed by atoms with Crippen molar-refractivity contribution in [2.45, 2.75) is 91.6 Å². The molecule has 0 aromatic heterocycles. The van der Waals surface area contributed by atoms with Crippen molar-refractivity contribution < 1.29 is 0 Å². The molecule has 0 aromatic carbocycles. The summed E-state index contributed by atoms with van der Waals surface area (Å²) in [4.78, 5) is 5.56. The van der Waals surface area contributed by atoms with E-state index in [-0.39, 0.29) is 0 Å². The Morgan fingerprint density at radius 3 is 2.04 bits per heavy atom. The van der Waals surface area contributed by atoms with E-state index in [4.69, 9.17) is 0 Å². The SMILES string of the molecule is [CH2]CCC(N1CCCCC1)N(CCCCC(C)C)CCC(C)C. The van der Waals surface area contributed by atoms with Crippen LogP contribution in [0.25, 0.3) is 0 Å². The summed E-state index contributed by atoms with van der Waals surface area (Å²) in [5.74, 6) is 1.65. The highest BCUT2D eigenvalue weighted by atomic mass is 15.3. The van der Waals surface area contributed by atoms with Crippen molar-refractivity contribution in [1.82, 2.24) is 9.80 Å². The van der Waals surface area contributed by atoms with Gasteiger partial charge in [-0.2, -0.15) is 0 Å². The standard InChI is InChI=1S/C21H43N2/c1-6-12-21(22-15-9-7-10-16-22)23(18-14-20(4)5)17-11-8-13-19(2)3/h19-21H,1,6-18H2,2-5H3. The van der Waals surface area contributed by atoms with Gasteiger partial charge in [0.1, 0.15) is 0 Å². The van der Waals surface area contributed by atoms with Crippen LogP contribution in [0.4, 0.5) is 0 Å². The van der Waals surface area contributed by atoms with Gasteiger partial charge in [0.15, 0.2) is 0 Å². The summed E-state index contributed by atoms with van der Waals surface area (Å²) in [6.07, 6.45) is 12.6. The summed E-state index contributed by atoms with van der Waals surface area (Å²) in [6, 6.07) is 0. The van der Waals surface area contributed by atoms with Gasteiger partial charge in [-0.25, -0.2) is 0 Å². The van der Waals surface area contributed by atoms with Crippen LogP contribution in [0.1, 0.15) is 85.5 Å². The predicted molar refractivity (Wildman–Crippen MR) is 104 cm³/mol. The van der Waals surface area contributed by atoms with Crippen LogP contribution >= 0.6 is 0 Å². The largest absolute Gasteiger partial charge is 0.288 e. The molecule has 1 heterocycles. The molecule has 1 aliphatic heterocycles. The third-order valence-electron chi connectivity index (χ3n) is 5.17. The number of nitrogens with zero attached hydrogens (tertiary/aromatic N) is 2. The molecule has 0 bridgehead atoms. The van der Waals surface area contributed by atoms with Gasteiger partial charge >= 0.3 is 0 Å². The maximum absolute atomic E-state index is 4.16. The molecule has 0 spiro atoms. The van der Waals surface area contributed by atoms with E-state index in [2.05, 4.69) is 44.4 Å². The van der Waals surface area contributed by atoms with E-state index in [0.717, 1.165) is 18.3 Å². The Morgan fingerprint density at radius 2 is 1.48 bits per heavy atom. The monoisotopic (exact) mass is 323 g/mol. The Hall–Kier alpha value is -0.0800. The molecule has 1 unspecified atom stereocenters. The van der Waals surface area contributed by atoms with E-state index in [1.165, 1.54) is 77.5 Å². The highest BCUT2D eigenvalue weighted by Gasteiger charge is 2.25. The molecular weight excluding hydrogens is 280 g/mol. The van der Waals surface area contributed by atoms with Crippen molar-refractivity contribution in [2.24, 2.45) is 11.8 Å². The van der Waals surface area contributed by atoms with Gasteiger partial charge < -0.3 is 0 Å². The smallest absolute Gasteiger partial charge is 0.0622 e. The molecule has 1 saturated heterocycles. The first-order chi connectivity index (χ1) is 11.0. The Labute approximate surface area is 147 Å². The van der Waals surface area contributed by atoms with E-state index in [9.17, 15) is 0 Å². The van der Waals surface area contributed by atoms with E-state index in [1.54, 1.807) is 0 Å². The number of hydrogen-bond donors (Lipinski definition) is 0. The third kappa shape index (κ3) is 9.10. The lowest BCUT2D eigenvalue weighted by Gasteiger charge is -2.42. The number of rotatable bonds is 12. The second-order valence-electron chi connectivity index (χ2n) is 8.33. The van der Waals surface area contributed by atoms with Crippen LogP contribution in [0.3, 0.4) is 0 Å². The van der Waals surface area contributed by atoms with Gasteiger partial charge in [0.2, 0.25) is 0 Å². The summed E-state index contributed by atoms with van der Waals surface area (Å²) in [5, 5.41) is 0. The zero-order valence-corrected chi connectivity index (χ0v) is 16.5. The van der Waals surface area contributed by atoms with Gasteiger partial charge in [0, 0.05) is 0 Å². The minimum Gasteiger partial charge on any atom is -0.288 e. The van der Waals surface area contributed by atoms with E-state index < -0.39 is 0 Å². The summed E-state index contributed by atoms with van der Waals surface area (Å²) in [7, 11) is 0. The van der Waals surface area contributed by atoms with Crippen molar-refractivity contribution in [3.63, 3.8) is 0 Å². The Bertz CT molecular complexity index is 269. The zero-order valence-electron chi connectivity index (χ0n) is 16.5. The molecule has 1 radical (unpaired) electrons. The number of unbranched alkanes of at least 4 members (excludes halogenated alkanes) is 1. The molecule has 23 heavy (non-hydrogen) atoms. The van der Waals surface area contributed by atoms with Gasteiger partial charge in [-0.3, -0.25) is 9.80 Å². The fraction of sp³-hybridized carbons (Fsp3) is 0.952. The van der Waals surface area contributed by atoms with Gasteiger partial charge in [0.05, 0.1) is 6.17 Å². The summed E-state index contributed by atoms with van der Waals surface area (Å²) >= 11 is 0. The average molecular weight is 324 g/mol. The molecule has 0 N–H and O–H groups in total. The minimum atomic E-state index is 0.644. The van der Waals surface area contributed by atoms with Crippen LogP contribution in [0, 0.1) is 18.8 Å². The molecule has 2 nitrogen and oxygen atoms in total. The van der Waals surface area contributed by atoms with E-state index >= 15 is 0 Å². The quantitative estimate of drug-likeness (QED) is 0.432. The lowest BCUT2D eigenvalue weighted by molar-refractivity contribution is 0.0194. The first-order valence-electron chi connectivity index (χ1n) is 10.3. The molecule has 0 amide bonds. The van der Waals surface area contributed by atoms with Crippen LogP contribution in [0.5, 0.6) is 0 Å². The van der Waals surface area contributed by atoms with Crippen LogP contribution in [-0.2, 0) is 0 Å². The molecule has 1 rings (SSSR count). The Balaban J connectivity index is 2.59. The van der Waals surface area contributed by atoms with Crippen molar-refractivity contribution in [3.8, 4) is 0 Å².